The lowest BCUT2D eigenvalue weighted by molar-refractivity contribution is 0.101. The molecule has 2 heterocycles. The number of anilines is 1. The molecule has 1 aromatic heterocycles. The van der Waals surface area contributed by atoms with E-state index in [9.17, 15) is 13.2 Å². The Morgan fingerprint density at radius 2 is 2.05 bits per heavy atom. The maximum Gasteiger partial charge on any atom is 0.285 e. The van der Waals surface area contributed by atoms with Gasteiger partial charge in [0.2, 0.25) is 0 Å². The molecular formula is C13H9BrN2O3S2. The fraction of sp³-hybridized carbons (Fsp3) is 0.0769. The zero-order valence-electron chi connectivity index (χ0n) is 10.6. The van der Waals surface area contributed by atoms with E-state index in [2.05, 4.69) is 20.3 Å². The number of thiophene rings is 1. The van der Waals surface area contributed by atoms with Gasteiger partial charge in [-0.1, -0.05) is 12.1 Å². The Morgan fingerprint density at radius 3 is 2.76 bits per heavy atom. The van der Waals surface area contributed by atoms with Gasteiger partial charge in [0.05, 0.1) is 17.1 Å². The molecule has 0 amide bonds. The quantitative estimate of drug-likeness (QED) is 0.762. The number of ketones is 1. The molecule has 0 N–H and O–H groups in total. The minimum Gasteiger partial charge on any atom is -0.323 e. The molecule has 0 saturated heterocycles. The number of hydrogen-bond acceptors (Lipinski definition) is 5. The summed E-state index contributed by atoms with van der Waals surface area (Å²) in [7, 11) is -3.66. The van der Waals surface area contributed by atoms with E-state index < -0.39 is 10.0 Å². The second-order valence-electron chi connectivity index (χ2n) is 4.31. The molecule has 0 fully saturated rings. The number of nitrogens with zero attached hydrogens (tertiary/aromatic N) is 2. The summed E-state index contributed by atoms with van der Waals surface area (Å²) in [5.41, 5.74) is 0.466. The summed E-state index contributed by atoms with van der Waals surface area (Å²) in [4.78, 5) is 14.6. The number of Topliss-reactive ketones (excluding diaryl/α,β-unsaturated/α-hetero) is 1. The third-order valence-electron chi connectivity index (χ3n) is 2.96. The summed E-state index contributed by atoms with van der Waals surface area (Å²) < 4.78 is 28.0. The highest BCUT2D eigenvalue weighted by atomic mass is 79.9. The monoisotopic (exact) mass is 384 g/mol. The van der Waals surface area contributed by atoms with Crippen molar-refractivity contribution in [3.63, 3.8) is 0 Å². The standard InChI is InChI=1S/C13H9BrN2O3S2/c14-9-5-6-20-13(9)11(17)7-16-8-15-21(18,19)12-4-2-1-3-10(12)16/h1-6,8H,7H2. The molecule has 1 aliphatic heterocycles. The van der Waals surface area contributed by atoms with E-state index in [1.54, 1.807) is 29.2 Å². The lowest BCUT2D eigenvalue weighted by atomic mass is 10.2. The summed E-state index contributed by atoms with van der Waals surface area (Å²) in [6.07, 6.45) is 1.19. The summed E-state index contributed by atoms with van der Waals surface area (Å²) in [5, 5.41) is 1.82. The molecule has 5 nitrogen and oxygen atoms in total. The third-order valence-corrected chi connectivity index (χ3v) is 6.11. The van der Waals surface area contributed by atoms with Crippen LogP contribution in [0.2, 0.25) is 0 Å². The molecule has 0 spiro atoms. The van der Waals surface area contributed by atoms with E-state index in [4.69, 9.17) is 0 Å². The van der Waals surface area contributed by atoms with Gasteiger partial charge >= 0.3 is 0 Å². The SMILES string of the molecule is O=C(CN1C=NS(=O)(=O)c2ccccc21)c1sccc1Br. The number of para-hydroxylation sites is 1. The molecule has 0 aliphatic carbocycles. The Labute approximate surface area is 134 Å². The first-order valence-corrected chi connectivity index (χ1v) is 9.02. The lowest BCUT2D eigenvalue weighted by Gasteiger charge is -2.24. The summed E-state index contributed by atoms with van der Waals surface area (Å²) in [6.45, 7) is 0.0369. The maximum atomic E-state index is 12.3. The molecule has 3 rings (SSSR count). The summed E-state index contributed by atoms with van der Waals surface area (Å²) in [6, 6.07) is 8.31. The summed E-state index contributed by atoms with van der Waals surface area (Å²) >= 11 is 4.66. The molecule has 8 heteroatoms. The average molecular weight is 385 g/mol. The van der Waals surface area contributed by atoms with Crippen molar-refractivity contribution in [2.45, 2.75) is 4.90 Å². The second-order valence-corrected chi connectivity index (χ2v) is 7.68. The van der Waals surface area contributed by atoms with Crippen LogP contribution >= 0.6 is 27.3 Å². The van der Waals surface area contributed by atoms with Crippen molar-refractivity contribution in [1.82, 2.24) is 0 Å². The van der Waals surface area contributed by atoms with Crippen LogP contribution < -0.4 is 4.90 Å². The van der Waals surface area contributed by atoms with Gasteiger partial charge in [-0.25, -0.2) is 0 Å². The minimum atomic E-state index is -3.66. The number of sulfonamides is 1. The predicted molar refractivity (Wildman–Crippen MR) is 85.8 cm³/mol. The summed E-state index contributed by atoms with van der Waals surface area (Å²) in [5.74, 6) is -0.0996. The molecule has 0 atom stereocenters. The lowest BCUT2D eigenvalue weighted by Crippen LogP contribution is -2.32. The molecule has 0 saturated carbocycles. The van der Waals surface area contributed by atoms with E-state index in [0.29, 0.717) is 10.6 Å². The van der Waals surface area contributed by atoms with E-state index in [-0.39, 0.29) is 17.2 Å². The zero-order valence-corrected chi connectivity index (χ0v) is 13.8. The fourth-order valence-corrected chi connectivity index (χ4v) is 4.57. The largest absolute Gasteiger partial charge is 0.323 e. The second kappa shape index (κ2) is 5.36. The van der Waals surface area contributed by atoms with Crippen LogP contribution in [0.1, 0.15) is 9.67 Å². The number of carbonyl (C=O) groups is 1. The molecule has 0 unspecified atom stereocenters. The molecule has 21 heavy (non-hydrogen) atoms. The Hall–Kier alpha value is -1.51. The normalized spacial score (nSPS) is 15.8. The Kier molecular flexibility index (Phi) is 3.68. The van der Waals surface area contributed by atoms with Crippen LogP contribution in [0.25, 0.3) is 0 Å². The van der Waals surface area contributed by atoms with Gasteiger partial charge in [-0.15, -0.1) is 15.7 Å². The Morgan fingerprint density at radius 1 is 1.29 bits per heavy atom. The van der Waals surface area contributed by atoms with Crippen LogP contribution in [0.3, 0.4) is 0 Å². The first kappa shape index (κ1) is 14.4. The highest BCUT2D eigenvalue weighted by Crippen LogP contribution is 2.30. The molecule has 1 aromatic carbocycles. The molecular weight excluding hydrogens is 376 g/mol. The number of hydrogen-bond donors (Lipinski definition) is 0. The third kappa shape index (κ3) is 2.66. The van der Waals surface area contributed by atoms with Crippen LogP contribution in [0.5, 0.6) is 0 Å². The predicted octanol–water partition coefficient (Wildman–Crippen LogP) is 2.93. The topological polar surface area (TPSA) is 66.8 Å². The first-order chi connectivity index (χ1) is 9.99. The van der Waals surface area contributed by atoms with Gasteiger partial charge in [-0.05, 0) is 39.5 Å². The fourth-order valence-electron chi connectivity index (χ4n) is 2.00. The van der Waals surface area contributed by atoms with Crippen LogP contribution in [-0.4, -0.2) is 27.1 Å². The van der Waals surface area contributed by atoms with Crippen LogP contribution in [0.4, 0.5) is 5.69 Å². The van der Waals surface area contributed by atoms with Gasteiger partial charge < -0.3 is 4.90 Å². The molecule has 2 aromatic rings. The molecule has 108 valence electrons. The van der Waals surface area contributed by atoms with Crippen LogP contribution in [0, 0.1) is 0 Å². The minimum absolute atomic E-state index is 0.0369. The average Bonchev–Trinajstić information content (AvgIpc) is 2.89. The highest BCUT2D eigenvalue weighted by Gasteiger charge is 2.26. The molecule has 0 radical (unpaired) electrons. The first-order valence-electron chi connectivity index (χ1n) is 5.91. The van der Waals surface area contributed by atoms with E-state index >= 15 is 0 Å². The number of rotatable bonds is 3. The number of benzene rings is 1. The zero-order chi connectivity index (χ0) is 15.0. The maximum absolute atomic E-state index is 12.3. The van der Waals surface area contributed by atoms with Crippen molar-refractivity contribution in [2.24, 2.45) is 4.40 Å². The van der Waals surface area contributed by atoms with Crippen molar-refractivity contribution in [1.29, 1.82) is 0 Å². The van der Waals surface area contributed by atoms with Gasteiger partial charge in [-0.2, -0.15) is 8.42 Å². The molecule has 1 aliphatic rings. The number of fused-ring (bicyclic) bond motifs is 1. The van der Waals surface area contributed by atoms with Crippen molar-refractivity contribution in [3.8, 4) is 0 Å². The van der Waals surface area contributed by atoms with E-state index in [1.807, 2.05) is 5.38 Å². The highest BCUT2D eigenvalue weighted by molar-refractivity contribution is 9.10. The van der Waals surface area contributed by atoms with Crippen molar-refractivity contribution in [3.05, 3.63) is 45.1 Å². The van der Waals surface area contributed by atoms with E-state index in [1.165, 1.54) is 23.7 Å². The van der Waals surface area contributed by atoms with Gasteiger partial charge in [0.25, 0.3) is 10.0 Å². The Balaban J connectivity index is 1.95. The van der Waals surface area contributed by atoms with Gasteiger partial charge in [0, 0.05) is 4.47 Å². The number of halogens is 1. The van der Waals surface area contributed by atoms with Crippen molar-refractivity contribution < 1.29 is 13.2 Å². The molecule has 0 bridgehead atoms. The van der Waals surface area contributed by atoms with Gasteiger partial charge in [0.15, 0.2) is 5.78 Å². The van der Waals surface area contributed by atoms with Gasteiger partial charge in [0.1, 0.15) is 11.2 Å². The van der Waals surface area contributed by atoms with Crippen molar-refractivity contribution in [2.75, 3.05) is 11.4 Å². The van der Waals surface area contributed by atoms with Crippen molar-refractivity contribution >= 4 is 55.1 Å². The van der Waals surface area contributed by atoms with E-state index in [0.717, 1.165) is 4.47 Å². The smallest absolute Gasteiger partial charge is 0.285 e. The Bertz CT molecular complexity index is 843. The van der Waals surface area contributed by atoms with Crippen LogP contribution in [0.15, 0.2) is 49.5 Å². The van der Waals surface area contributed by atoms with Crippen LogP contribution in [-0.2, 0) is 10.0 Å². The number of carbonyl (C=O) groups excluding carboxylic acids is 1. The van der Waals surface area contributed by atoms with Gasteiger partial charge in [-0.3, -0.25) is 4.79 Å².